The average Bonchev–Trinajstić information content (AvgIpc) is 2.17. The van der Waals surface area contributed by atoms with E-state index in [9.17, 15) is 14.8 Å². The lowest BCUT2D eigenvalue weighted by Gasteiger charge is -2.40. The lowest BCUT2D eigenvalue weighted by atomic mass is 9.68. The van der Waals surface area contributed by atoms with Crippen molar-refractivity contribution in [3.05, 3.63) is 0 Å². The van der Waals surface area contributed by atoms with Crippen LogP contribution in [0.25, 0.3) is 0 Å². The molecule has 1 N–H and O–H groups in total. The quantitative estimate of drug-likeness (QED) is 0.709. The Morgan fingerprint density at radius 1 is 1.18 bits per heavy atom. The molecule has 1 atom stereocenters. The van der Waals surface area contributed by atoms with Gasteiger partial charge in [0.2, 0.25) is 0 Å². The van der Waals surface area contributed by atoms with Crippen LogP contribution in [0.1, 0.15) is 46.0 Å². The molecule has 1 saturated heterocycles. The summed E-state index contributed by atoms with van der Waals surface area (Å²) in [5.41, 5.74) is -0.209. The van der Waals surface area contributed by atoms with Gasteiger partial charge in [0, 0.05) is 19.4 Å². The molecule has 0 aromatic heterocycles. The first kappa shape index (κ1) is 12.7. The molecule has 2 fully saturated rings. The number of hydroxylamine groups is 2. The van der Waals surface area contributed by atoms with E-state index in [1.54, 1.807) is 0 Å². The minimum absolute atomic E-state index is 0.0113. The molecule has 1 saturated carbocycles. The summed E-state index contributed by atoms with van der Waals surface area (Å²) in [6.07, 6.45) is 3.58. The van der Waals surface area contributed by atoms with Gasteiger partial charge < -0.3 is 5.21 Å². The van der Waals surface area contributed by atoms with Crippen LogP contribution < -0.4 is 0 Å². The molecular formula is C13H21NO3. The standard InChI is InChI=1S/C13H21NO3/c1-13(2)7-10(15)12(11(16)8-13)9-5-3-4-6-14(9)17/h9,12,17H,3-8H2,1-2H3. The maximum absolute atomic E-state index is 12.1. The van der Waals surface area contributed by atoms with Crippen molar-refractivity contribution in [2.45, 2.75) is 52.0 Å². The summed E-state index contributed by atoms with van der Waals surface area (Å²) in [6.45, 7) is 4.48. The van der Waals surface area contributed by atoms with E-state index < -0.39 is 5.92 Å². The average molecular weight is 239 g/mol. The Morgan fingerprint density at radius 2 is 1.76 bits per heavy atom. The summed E-state index contributed by atoms with van der Waals surface area (Å²) in [5.74, 6) is -0.567. The van der Waals surface area contributed by atoms with E-state index in [0.29, 0.717) is 19.4 Å². The van der Waals surface area contributed by atoms with Crippen LogP contribution in [0.2, 0.25) is 0 Å². The minimum atomic E-state index is -0.590. The van der Waals surface area contributed by atoms with Crippen molar-refractivity contribution in [3.8, 4) is 0 Å². The highest BCUT2D eigenvalue weighted by Crippen LogP contribution is 2.37. The molecular weight excluding hydrogens is 218 g/mol. The van der Waals surface area contributed by atoms with Gasteiger partial charge >= 0.3 is 0 Å². The summed E-state index contributed by atoms with van der Waals surface area (Å²) in [7, 11) is 0. The molecule has 1 aliphatic heterocycles. The molecule has 1 heterocycles. The van der Waals surface area contributed by atoms with Gasteiger partial charge in [0.1, 0.15) is 11.6 Å². The third kappa shape index (κ3) is 2.58. The summed E-state index contributed by atoms with van der Waals surface area (Å²) >= 11 is 0. The Labute approximate surface area is 102 Å². The Bertz CT molecular complexity index is 318. The van der Waals surface area contributed by atoms with Gasteiger partial charge in [0.15, 0.2) is 0 Å². The Morgan fingerprint density at radius 3 is 2.29 bits per heavy atom. The molecule has 2 rings (SSSR count). The van der Waals surface area contributed by atoms with Gasteiger partial charge in [-0.05, 0) is 18.3 Å². The maximum Gasteiger partial charge on any atom is 0.145 e. The van der Waals surface area contributed by atoms with Gasteiger partial charge in [-0.3, -0.25) is 9.59 Å². The van der Waals surface area contributed by atoms with Crippen LogP contribution in [-0.4, -0.2) is 34.4 Å². The summed E-state index contributed by atoms with van der Waals surface area (Å²) in [6, 6.07) is -0.278. The van der Waals surface area contributed by atoms with E-state index in [2.05, 4.69) is 0 Å². The molecule has 4 heteroatoms. The van der Waals surface area contributed by atoms with Crippen LogP contribution in [0.4, 0.5) is 0 Å². The van der Waals surface area contributed by atoms with Crippen LogP contribution >= 0.6 is 0 Å². The van der Waals surface area contributed by atoms with Crippen LogP contribution in [0.15, 0.2) is 0 Å². The van der Waals surface area contributed by atoms with Crippen molar-refractivity contribution in [2.24, 2.45) is 11.3 Å². The minimum Gasteiger partial charge on any atom is -0.314 e. The fraction of sp³-hybridized carbons (Fsp3) is 0.846. The molecule has 4 nitrogen and oxygen atoms in total. The van der Waals surface area contributed by atoms with E-state index >= 15 is 0 Å². The second-order valence-corrected chi connectivity index (χ2v) is 6.15. The predicted molar refractivity (Wildman–Crippen MR) is 62.7 cm³/mol. The number of hydrogen-bond acceptors (Lipinski definition) is 4. The Hall–Kier alpha value is -0.740. The fourth-order valence-electron chi connectivity index (χ4n) is 3.12. The van der Waals surface area contributed by atoms with E-state index in [4.69, 9.17) is 0 Å². The van der Waals surface area contributed by atoms with Gasteiger partial charge in [0.05, 0.1) is 12.0 Å². The number of hydrogen-bond donors (Lipinski definition) is 1. The van der Waals surface area contributed by atoms with Gasteiger partial charge in [-0.15, -0.1) is 0 Å². The molecule has 0 aromatic carbocycles. The first-order valence-corrected chi connectivity index (χ1v) is 6.42. The van der Waals surface area contributed by atoms with Crippen molar-refractivity contribution in [1.29, 1.82) is 0 Å². The highest BCUT2D eigenvalue weighted by Gasteiger charge is 2.45. The van der Waals surface area contributed by atoms with Crippen LogP contribution in [0, 0.1) is 11.3 Å². The molecule has 0 amide bonds. The number of carbonyl (C=O) groups excluding carboxylic acids is 2. The van der Waals surface area contributed by atoms with Crippen molar-refractivity contribution in [2.75, 3.05) is 6.54 Å². The van der Waals surface area contributed by atoms with Crippen molar-refractivity contribution >= 4 is 11.6 Å². The van der Waals surface area contributed by atoms with Crippen molar-refractivity contribution in [1.82, 2.24) is 5.06 Å². The maximum atomic E-state index is 12.1. The van der Waals surface area contributed by atoms with Gasteiger partial charge in [-0.25, -0.2) is 0 Å². The normalized spacial score (nSPS) is 31.8. The smallest absolute Gasteiger partial charge is 0.145 e. The molecule has 0 radical (unpaired) electrons. The third-order valence-corrected chi connectivity index (χ3v) is 3.90. The zero-order valence-electron chi connectivity index (χ0n) is 10.6. The molecule has 17 heavy (non-hydrogen) atoms. The predicted octanol–water partition coefficient (Wildman–Crippen LogP) is 1.80. The SMILES string of the molecule is CC1(C)CC(=O)C(C2CCCCN2O)C(=O)C1. The van der Waals surface area contributed by atoms with Crippen LogP contribution in [-0.2, 0) is 9.59 Å². The number of Topliss-reactive ketones (excluding diaryl/α,β-unsaturated/α-hetero) is 2. The molecule has 0 spiro atoms. The first-order chi connectivity index (χ1) is 7.91. The number of nitrogens with zero attached hydrogens (tertiary/aromatic N) is 1. The number of ketones is 2. The van der Waals surface area contributed by atoms with Crippen molar-refractivity contribution < 1.29 is 14.8 Å². The Kier molecular flexibility index (Phi) is 3.36. The number of piperidine rings is 1. The summed E-state index contributed by atoms with van der Waals surface area (Å²) in [4.78, 5) is 24.2. The topological polar surface area (TPSA) is 57.6 Å². The second-order valence-electron chi connectivity index (χ2n) is 6.15. The summed E-state index contributed by atoms with van der Waals surface area (Å²) < 4.78 is 0. The molecule has 0 aromatic rings. The monoisotopic (exact) mass is 239 g/mol. The lowest BCUT2D eigenvalue weighted by Crippen LogP contribution is -2.51. The third-order valence-electron chi connectivity index (χ3n) is 3.90. The van der Waals surface area contributed by atoms with E-state index in [-0.39, 0.29) is 23.0 Å². The molecule has 2 aliphatic rings. The molecule has 0 bridgehead atoms. The molecule has 96 valence electrons. The van der Waals surface area contributed by atoms with Crippen LogP contribution in [0.5, 0.6) is 0 Å². The van der Waals surface area contributed by atoms with E-state index in [0.717, 1.165) is 19.3 Å². The van der Waals surface area contributed by atoms with E-state index in [1.807, 2.05) is 13.8 Å². The summed E-state index contributed by atoms with van der Waals surface area (Å²) in [5, 5.41) is 11.0. The van der Waals surface area contributed by atoms with Gasteiger partial charge in [-0.1, -0.05) is 20.3 Å². The molecule has 1 unspecified atom stereocenters. The molecule has 1 aliphatic carbocycles. The van der Waals surface area contributed by atoms with Crippen molar-refractivity contribution in [3.63, 3.8) is 0 Å². The number of carbonyl (C=O) groups is 2. The van der Waals surface area contributed by atoms with Gasteiger partial charge in [-0.2, -0.15) is 5.06 Å². The van der Waals surface area contributed by atoms with Gasteiger partial charge in [0.25, 0.3) is 0 Å². The largest absolute Gasteiger partial charge is 0.314 e. The zero-order valence-corrected chi connectivity index (χ0v) is 10.6. The zero-order chi connectivity index (χ0) is 12.6. The highest BCUT2D eigenvalue weighted by atomic mass is 16.5. The fourth-order valence-corrected chi connectivity index (χ4v) is 3.12. The number of rotatable bonds is 1. The highest BCUT2D eigenvalue weighted by molar-refractivity contribution is 6.05. The van der Waals surface area contributed by atoms with E-state index in [1.165, 1.54) is 5.06 Å². The Balaban J connectivity index is 2.15. The first-order valence-electron chi connectivity index (χ1n) is 6.42. The lowest BCUT2D eigenvalue weighted by molar-refractivity contribution is -0.173. The second kappa shape index (κ2) is 4.50. The van der Waals surface area contributed by atoms with Crippen LogP contribution in [0.3, 0.4) is 0 Å².